The molecule has 150 valence electrons. The predicted octanol–water partition coefficient (Wildman–Crippen LogP) is 2.50. The zero-order valence-electron chi connectivity index (χ0n) is 16.5. The van der Waals surface area contributed by atoms with Gasteiger partial charge in [0.05, 0.1) is 0 Å². The summed E-state index contributed by atoms with van der Waals surface area (Å²) < 4.78 is 0. The third-order valence-electron chi connectivity index (χ3n) is 6.14. The Balaban J connectivity index is 1.70. The Morgan fingerprint density at radius 3 is 2.63 bits per heavy atom. The lowest BCUT2D eigenvalue weighted by molar-refractivity contribution is 0.0217. The number of likely N-dealkylation sites (N-methyl/N-ethyl adjacent to an activating group) is 1. The molecule has 0 spiro atoms. The van der Waals surface area contributed by atoms with Gasteiger partial charge in [-0.2, -0.15) is 0 Å². The van der Waals surface area contributed by atoms with E-state index in [-0.39, 0.29) is 12.5 Å². The summed E-state index contributed by atoms with van der Waals surface area (Å²) >= 11 is 6.05. The lowest BCUT2D eigenvalue weighted by Crippen LogP contribution is -2.57. The van der Waals surface area contributed by atoms with Crippen LogP contribution in [0.5, 0.6) is 0 Å². The molecule has 0 bridgehead atoms. The van der Waals surface area contributed by atoms with E-state index in [0.29, 0.717) is 17.0 Å². The maximum Gasteiger partial charge on any atom is 0.254 e. The van der Waals surface area contributed by atoms with Gasteiger partial charge in [-0.3, -0.25) is 9.69 Å². The lowest BCUT2D eigenvalue weighted by atomic mass is 9.86. The number of likely N-dealkylation sites (tertiary alicyclic amines) is 1. The van der Waals surface area contributed by atoms with Crippen LogP contribution in [0.4, 0.5) is 0 Å². The van der Waals surface area contributed by atoms with E-state index in [0.717, 1.165) is 69.7 Å². The van der Waals surface area contributed by atoms with Crippen molar-refractivity contribution in [2.45, 2.75) is 32.2 Å². The molecular formula is C21H32ClN3O2. The second-order valence-corrected chi connectivity index (χ2v) is 8.47. The van der Waals surface area contributed by atoms with E-state index in [9.17, 15) is 9.90 Å². The van der Waals surface area contributed by atoms with Crippen LogP contribution in [-0.2, 0) is 0 Å². The summed E-state index contributed by atoms with van der Waals surface area (Å²) in [6.07, 6.45) is 2.78. The van der Waals surface area contributed by atoms with Crippen molar-refractivity contribution in [3.8, 4) is 0 Å². The maximum atomic E-state index is 13.1. The van der Waals surface area contributed by atoms with E-state index in [2.05, 4.69) is 16.8 Å². The maximum absolute atomic E-state index is 13.1. The Labute approximate surface area is 167 Å². The zero-order valence-corrected chi connectivity index (χ0v) is 17.3. The van der Waals surface area contributed by atoms with Crippen LogP contribution in [0.1, 0.15) is 35.2 Å². The summed E-state index contributed by atoms with van der Waals surface area (Å²) in [7, 11) is 2.18. The summed E-state index contributed by atoms with van der Waals surface area (Å²) in [5, 5.41) is 10.00. The number of piperidine rings is 1. The molecule has 2 aliphatic rings. The quantitative estimate of drug-likeness (QED) is 0.834. The Bertz CT molecular complexity index is 646. The normalized spacial score (nSPS) is 25.0. The molecule has 0 aromatic heterocycles. The minimum absolute atomic E-state index is 0.106. The molecule has 5 nitrogen and oxygen atoms in total. The number of piperazine rings is 1. The average Bonchev–Trinajstić information content (AvgIpc) is 2.66. The smallest absolute Gasteiger partial charge is 0.254 e. The summed E-state index contributed by atoms with van der Waals surface area (Å²) in [6, 6.07) is 6.01. The SMILES string of the molecule is Cc1cc(Cl)ccc1C(=O)N1CC[C@@H](N2CCN(C)CC2)[C@@H](CCCO)C1. The van der Waals surface area contributed by atoms with Crippen molar-refractivity contribution in [2.24, 2.45) is 5.92 Å². The number of amides is 1. The molecule has 0 unspecified atom stereocenters. The zero-order chi connectivity index (χ0) is 19.4. The molecule has 3 rings (SSSR count). The van der Waals surface area contributed by atoms with Crippen LogP contribution in [0.15, 0.2) is 18.2 Å². The molecule has 2 fully saturated rings. The minimum atomic E-state index is 0.106. The molecule has 1 aromatic carbocycles. The molecule has 0 aliphatic carbocycles. The number of halogens is 1. The second kappa shape index (κ2) is 9.37. The first-order valence-electron chi connectivity index (χ1n) is 10.1. The van der Waals surface area contributed by atoms with Crippen LogP contribution >= 0.6 is 11.6 Å². The van der Waals surface area contributed by atoms with E-state index in [1.165, 1.54) is 0 Å². The number of hydrogen-bond donors (Lipinski definition) is 1. The van der Waals surface area contributed by atoms with Crippen molar-refractivity contribution in [2.75, 3.05) is 52.9 Å². The van der Waals surface area contributed by atoms with Crippen LogP contribution in [0.2, 0.25) is 5.02 Å². The van der Waals surface area contributed by atoms with Crippen molar-refractivity contribution in [3.05, 3.63) is 34.3 Å². The number of aliphatic hydroxyl groups is 1. The average molecular weight is 394 g/mol. The molecular weight excluding hydrogens is 362 g/mol. The summed E-state index contributed by atoms with van der Waals surface area (Å²) in [6.45, 7) is 8.15. The highest BCUT2D eigenvalue weighted by Gasteiger charge is 2.35. The van der Waals surface area contributed by atoms with Gasteiger partial charge in [0.15, 0.2) is 0 Å². The fraction of sp³-hybridized carbons (Fsp3) is 0.667. The van der Waals surface area contributed by atoms with Gasteiger partial charge in [-0.25, -0.2) is 0 Å². The largest absolute Gasteiger partial charge is 0.396 e. The van der Waals surface area contributed by atoms with Crippen molar-refractivity contribution >= 4 is 17.5 Å². The number of aliphatic hydroxyl groups excluding tert-OH is 1. The third kappa shape index (κ3) is 5.02. The molecule has 1 amide bonds. The summed E-state index contributed by atoms with van der Waals surface area (Å²) in [4.78, 5) is 20.1. The van der Waals surface area contributed by atoms with Crippen molar-refractivity contribution < 1.29 is 9.90 Å². The summed E-state index contributed by atoms with van der Waals surface area (Å²) in [5.74, 6) is 0.529. The monoisotopic (exact) mass is 393 g/mol. The molecule has 2 atom stereocenters. The van der Waals surface area contributed by atoms with Gasteiger partial charge >= 0.3 is 0 Å². The highest BCUT2D eigenvalue weighted by molar-refractivity contribution is 6.30. The second-order valence-electron chi connectivity index (χ2n) is 8.03. The number of aryl methyl sites for hydroxylation is 1. The van der Waals surface area contributed by atoms with Gasteiger partial charge in [-0.1, -0.05) is 11.6 Å². The Morgan fingerprint density at radius 2 is 1.96 bits per heavy atom. The Hall–Kier alpha value is -1.14. The molecule has 27 heavy (non-hydrogen) atoms. The van der Waals surface area contributed by atoms with Crippen LogP contribution in [0.3, 0.4) is 0 Å². The van der Waals surface area contributed by atoms with Gasteiger partial charge in [0.1, 0.15) is 0 Å². The highest BCUT2D eigenvalue weighted by Crippen LogP contribution is 2.28. The number of hydrogen-bond acceptors (Lipinski definition) is 4. The van der Waals surface area contributed by atoms with Gasteiger partial charge in [0.25, 0.3) is 5.91 Å². The van der Waals surface area contributed by atoms with E-state index >= 15 is 0 Å². The van der Waals surface area contributed by atoms with Crippen LogP contribution in [-0.4, -0.2) is 84.7 Å². The number of rotatable bonds is 5. The first-order chi connectivity index (χ1) is 13.0. The molecule has 1 N–H and O–H groups in total. The predicted molar refractivity (Wildman–Crippen MR) is 109 cm³/mol. The van der Waals surface area contributed by atoms with Gasteiger partial charge < -0.3 is 14.9 Å². The highest BCUT2D eigenvalue weighted by atomic mass is 35.5. The van der Waals surface area contributed by atoms with Crippen LogP contribution in [0, 0.1) is 12.8 Å². The Kier molecular flexibility index (Phi) is 7.15. The van der Waals surface area contributed by atoms with Gasteiger partial charge in [-0.05, 0) is 62.9 Å². The fourth-order valence-corrected chi connectivity index (χ4v) is 4.74. The van der Waals surface area contributed by atoms with E-state index in [1.54, 1.807) is 6.07 Å². The molecule has 2 heterocycles. The molecule has 2 saturated heterocycles. The van der Waals surface area contributed by atoms with Gasteiger partial charge in [0.2, 0.25) is 0 Å². The van der Waals surface area contributed by atoms with Gasteiger partial charge in [0, 0.05) is 62.5 Å². The molecule has 0 saturated carbocycles. The van der Waals surface area contributed by atoms with E-state index in [1.807, 2.05) is 24.0 Å². The number of nitrogens with zero attached hydrogens (tertiary/aromatic N) is 3. The van der Waals surface area contributed by atoms with Crippen molar-refractivity contribution in [3.63, 3.8) is 0 Å². The topological polar surface area (TPSA) is 47.0 Å². The third-order valence-corrected chi connectivity index (χ3v) is 6.37. The molecule has 1 aromatic rings. The first kappa shape index (κ1) is 20.6. The summed E-state index contributed by atoms with van der Waals surface area (Å²) in [5.41, 5.74) is 1.68. The standard InChI is InChI=1S/C21H32ClN3O2/c1-16-14-18(22)5-6-19(16)21(27)25-8-7-20(17(15-25)4-3-13-26)24-11-9-23(2)10-12-24/h5-6,14,17,20,26H,3-4,7-13,15H2,1-2H3/t17-,20+/m0/s1. The van der Waals surface area contributed by atoms with Crippen LogP contribution < -0.4 is 0 Å². The number of benzene rings is 1. The van der Waals surface area contributed by atoms with Crippen molar-refractivity contribution in [1.82, 2.24) is 14.7 Å². The van der Waals surface area contributed by atoms with E-state index < -0.39 is 0 Å². The number of carbonyl (C=O) groups is 1. The molecule has 6 heteroatoms. The molecule has 2 aliphatic heterocycles. The number of carbonyl (C=O) groups excluding carboxylic acids is 1. The fourth-order valence-electron chi connectivity index (χ4n) is 4.51. The Morgan fingerprint density at radius 1 is 1.22 bits per heavy atom. The first-order valence-corrected chi connectivity index (χ1v) is 10.5. The van der Waals surface area contributed by atoms with Crippen LogP contribution in [0.25, 0.3) is 0 Å². The van der Waals surface area contributed by atoms with E-state index in [4.69, 9.17) is 11.6 Å². The van der Waals surface area contributed by atoms with Gasteiger partial charge in [-0.15, -0.1) is 0 Å². The van der Waals surface area contributed by atoms with Crippen molar-refractivity contribution in [1.29, 1.82) is 0 Å². The molecule has 0 radical (unpaired) electrons. The minimum Gasteiger partial charge on any atom is -0.396 e. The lowest BCUT2D eigenvalue weighted by Gasteiger charge is -2.46.